The summed E-state index contributed by atoms with van der Waals surface area (Å²) in [7, 11) is 0. The smallest absolute Gasteiger partial charge is 0.124 e. The Morgan fingerprint density at radius 3 is 2.16 bits per heavy atom. The second-order valence-corrected chi connectivity index (χ2v) is 4.95. The molecule has 0 amide bonds. The van der Waals surface area contributed by atoms with Crippen LogP contribution in [0, 0.1) is 0 Å². The van der Waals surface area contributed by atoms with Crippen molar-refractivity contribution in [1.82, 2.24) is 0 Å². The van der Waals surface area contributed by atoms with Crippen LogP contribution in [0.25, 0.3) is 0 Å². The van der Waals surface area contributed by atoms with Crippen molar-refractivity contribution in [1.29, 1.82) is 0 Å². The third-order valence-corrected chi connectivity index (χ3v) is 3.01. The highest BCUT2D eigenvalue weighted by atomic mass is 35.5. The van der Waals surface area contributed by atoms with Gasteiger partial charge < -0.3 is 9.53 Å². The van der Waals surface area contributed by atoms with Gasteiger partial charge in [-0.2, -0.15) is 0 Å². The van der Waals surface area contributed by atoms with Gasteiger partial charge in [-0.05, 0) is 41.5 Å². The normalized spacial score (nSPS) is 10.2. The molecular weight excluding hydrogens is 283 g/mol. The summed E-state index contributed by atoms with van der Waals surface area (Å²) in [6.07, 6.45) is 1.30. The summed E-state index contributed by atoms with van der Waals surface area (Å²) < 4.78 is 5.63. The molecule has 0 heterocycles. The fourth-order valence-corrected chi connectivity index (χ4v) is 2.25. The Labute approximate surface area is 121 Å². The molecule has 0 unspecified atom stereocenters. The van der Waals surface area contributed by atoms with Crippen LogP contribution in [-0.4, -0.2) is 6.29 Å². The first-order chi connectivity index (χ1) is 9.17. The molecule has 2 rings (SSSR count). The van der Waals surface area contributed by atoms with E-state index in [1.807, 2.05) is 36.4 Å². The summed E-state index contributed by atoms with van der Waals surface area (Å²) in [4.78, 5) is 10.4. The van der Waals surface area contributed by atoms with Crippen LogP contribution < -0.4 is 4.74 Å². The molecular formula is C15H12Cl2O2. The van der Waals surface area contributed by atoms with Crippen molar-refractivity contribution in [2.45, 2.75) is 13.0 Å². The van der Waals surface area contributed by atoms with Gasteiger partial charge in [0.2, 0.25) is 0 Å². The molecule has 4 heteroatoms. The van der Waals surface area contributed by atoms with E-state index in [0.717, 1.165) is 23.2 Å². The van der Waals surface area contributed by atoms with Gasteiger partial charge in [0.15, 0.2) is 0 Å². The van der Waals surface area contributed by atoms with E-state index in [2.05, 4.69) is 0 Å². The molecule has 0 radical (unpaired) electrons. The van der Waals surface area contributed by atoms with Crippen molar-refractivity contribution >= 4 is 29.5 Å². The van der Waals surface area contributed by atoms with Crippen molar-refractivity contribution in [2.75, 3.05) is 0 Å². The van der Waals surface area contributed by atoms with Gasteiger partial charge >= 0.3 is 0 Å². The average molecular weight is 295 g/mol. The second kappa shape index (κ2) is 6.60. The minimum atomic E-state index is 0.396. The Morgan fingerprint density at radius 2 is 1.58 bits per heavy atom. The first kappa shape index (κ1) is 13.9. The fraction of sp³-hybridized carbons (Fsp3) is 0.133. The van der Waals surface area contributed by atoms with E-state index in [4.69, 9.17) is 27.9 Å². The van der Waals surface area contributed by atoms with Crippen molar-refractivity contribution in [3.63, 3.8) is 0 Å². The molecule has 2 nitrogen and oxygen atoms in total. The summed E-state index contributed by atoms with van der Waals surface area (Å²) in [5, 5.41) is 1.18. The zero-order chi connectivity index (χ0) is 13.7. The third-order valence-electron chi connectivity index (χ3n) is 2.57. The monoisotopic (exact) mass is 294 g/mol. The zero-order valence-corrected chi connectivity index (χ0v) is 11.6. The molecule has 0 atom stereocenters. The highest BCUT2D eigenvalue weighted by Gasteiger charge is 2.00. The molecule has 0 aliphatic rings. The number of ether oxygens (including phenoxy) is 1. The van der Waals surface area contributed by atoms with E-state index < -0.39 is 0 Å². The SMILES string of the molecule is O=CCc1ccc(OCc2cc(Cl)cc(Cl)c2)cc1. The second-order valence-electron chi connectivity index (χ2n) is 4.08. The number of benzene rings is 2. The van der Waals surface area contributed by atoms with Crippen LogP contribution in [0.15, 0.2) is 42.5 Å². The van der Waals surface area contributed by atoms with E-state index >= 15 is 0 Å². The maximum atomic E-state index is 10.4. The first-order valence-electron chi connectivity index (χ1n) is 5.78. The molecule has 0 aromatic heterocycles. The lowest BCUT2D eigenvalue weighted by molar-refractivity contribution is -0.107. The number of halogens is 2. The fourth-order valence-electron chi connectivity index (χ4n) is 1.68. The van der Waals surface area contributed by atoms with Gasteiger partial charge in [0.05, 0.1) is 0 Å². The minimum Gasteiger partial charge on any atom is -0.489 e. The predicted molar refractivity (Wildman–Crippen MR) is 77.0 cm³/mol. The third kappa shape index (κ3) is 4.27. The van der Waals surface area contributed by atoms with E-state index in [9.17, 15) is 4.79 Å². The Bertz CT molecular complexity index is 545. The maximum absolute atomic E-state index is 10.4. The Kier molecular flexibility index (Phi) is 4.83. The molecule has 0 aliphatic heterocycles. The summed E-state index contributed by atoms with van der Waals surface area (Å²) in [6.45, 7) is 0.396. The number of aldehydes is 1. The van der Waals surface area contributed by atoms with Gasteiger partial charge in [0, 0.05) is 16.5 Å². The van der Waals surface area contributed by atoms with Gasteiger partial charge in [0.25, 0.3) is 0 Å². The van der Waals surface area contributed by atoms with Crippen molar-refractivity contribution in [3.8, 4) is 5.75 Å². The highest BCUT2D eigenvalue weighted by molar-refractivity contribution is 6.34. The average Bonchev–Trinajstić information content (AvgIpc) is 2.37. The standard InChI is InChI=1S/C15H12Cl2O2/c16-13-7-12(8-14(17)9-13)10-19-15-3-1-11(2-4-15)5-6-18/h1-4,6-9H,5,10H2. The Hall–Kier alpha value is -1.51. The molecule has 0 N–H and O–H groups in total. The van der Waals surface area contributed by atoms with E-state index in [-0.39, 0.29) is 0 Å². The lowest BCUT2D eigenvalue weighted by Crippen LogP contribution is -1.96. The molecule has 0 bridgehead atoms. The predicted octanol–water partition coefficient (Wildman–Crippen LogP) is 4.31. The van der Waals surface area contributed by atoms with Crippen LogP contribution in [-0.2, 0) is 17.8 Å². The molecule has 0 saturated heterocycles. The Morgan fingerprint density at radius 1 is 0.947 bits per heavy atom. The van der Waals surface area contributed by atoms with Crippen LogP contribution in [0.3, 0.4) is 0 Å². The summed E-state index contributed by atoms with van der Waals surface area (Å²) >= 11 is 11.8. The van der Waals surface area contributed by atoms with Crippen molar-refractivity contribution in [2.24, 2.45) is 0 Å². The number of carbonyl (C=O) groups is 1. The number of carbonyl (C=O) groups excluding carboxylic acids is 1. The molecule has 0 saturated carbocycles. The molecule has 0 fully saturated rings. The van der Waals surface area contributed by atoms with Gasteiger partial charge in [-0.15, -0.1) is 0 Å². The largest absolute Gasteiger partial charge is 0.489 e. The van der Waals surface area contributed by atoms with E-state index in [1.54, 1.807) is 6.07 Å². The molecule has 2 aromatic rings. The highest BCUT2D eigenvalue weighted by Crippen LogP contribution is 2.21. The van der Waals surface area contributed by atoms with E-state index in [0.29, 0.717) is 23.1 Å². The Balaban J connectivity index is 1.99. The minimum absolute atomic E-state index is 0.396. The van der Waals surface area contributed by atoms with Crippen LogP contribution in [0.2, 0.25) is 10.0 Å². The van der Waals surface area contributed by atoms with Crippen molar-refractivity contribution < 1.29 is 9.53 Å². The van der Waals surface area contributed by atoms with Crippen LogP contribution >= 0.6 is 23.2 Å². The van der Waals surface area contributed by atoms with Crippen molar-refractivity contribution in [3.05, 3.63) is 63.6 Å². The van der Waals surface area contributed by atoms with Gasteiger partial charge in [-0.1, -0.05) is 35.3 Å². The number of rotatable bonds is 5. The molecule has 0 aliphatic carbocycles. The van der Waals surface area contributed by atoms with Gasteiger partial charge in [-0.25, -0.2) is 0 Å². The van der Waals surface area contributed by atoms with Gasteiger partial charge in [0.1, 0.15) is 18.6 Å². The van der Waals surface area contributed by atoms with E-state index in [1.165, 1.54) is 0 Å². The van der Waals surface area contributed by atoms with Crippen LogP contribution in [0.5, 0.6) is 5.75 Å². The van der Waals surface area contributed by atoms with Gasteiger partial charge in [-0.3, -0.25) is 0 Å². The first-order valence-corrected chi connectivity index (χ1v) is 6.53. The molecule has 0 spiro atoms. The summed E-state index contributed by atoms with van der Waals surface area (Å²) in [6, 6.07) is 12.7. The number of hydrogen-bond acceptors (Lipinski definition) is 2. The lowest BCUT2D eigenvalue weighted by Gasteiger charge is -2.07. The summed E-state index contributed by atoms with van der Waals surface area (Å²) in [5.74, 6) is 0.741. The quantitative estimate of drug-likeness (QED) is 0.768. The maximum Gasteiger partial charge on any atom is 0.124 e. The molecule has 19 heavy (non-hydrogen) atoms. The van der Waals surface area contributed by atoms with Crippen LogP contribution in [0.1, 0.15) is 11.1 Å². The number of hydrogen-bond donors (Lipinski definition) is 0. The molecule has 98 valence electrons. The topological polar surface area (TPSA) is 26.3 Å². The zero-order valence-electron chi connectivity index (χ0n) is 10.1. The lowest BCUT2D eigenvalue weighted by atomic mass is 10.2. The van der Waals surface area contributed by atoms with Crippen LogP contribution in [0.4, 0.5) is 0 Å². The molecule has 2 aromatic carbocycles. The summed E-state index contributed by atoms with van der Waals surface area (Å²) in [5.41, 5.74) is 1.88.